The van der Waals surface area contributed by atoms with E-state index in [2.05, 4.69) is 10.3 Å². The van der Waals surface area contributed by atoms with E-state index in [4.69, 9.17) is 4.74 Å². The Morgan fingerprint density at radius 3 is 2.54 bits per heavy atom. The molecule has 0 bridgehead atoms. The summed E-state index contributed by atoms with van der Waals surface area (Å²) in [4.78, 5) is 28.1. The Labute approximate surface area is 139 Å². The number of nitrogens with one attached hydrogen (secondary N) is 1. The summed E-state index contributed by atoms with van der Waals surface area (Å²) in [5, 5.41) is 4.65. The van der Waals surface area contributed by atoms with Crippen molar-refractivity contribution >= 4 is 28.3 Å². The largest absolute Gasteiger partial charge is 0.469 e. The Morgan fingerprint density at radius 2 is 1.83 bits per heavy atom. The molecule has 0 aliphatic carbocycles. The number of benzene rings is 2. The molecule has 0 fully saturated rings. The van der Waals surface area contributed by atoms with Crippen molar-refractivity contribution in [2.45, 2.75) is 6.42 Å². The van der Waals surface area contributed by atoms with Crippen LogP contribution in [0.4, 0.5) is 5.69 Å². The molecule has 120 valence electrons. The third-order valence-electron chi connectivity index (χ3n) is 3.70. The van der Waals surface area contributed by atoms with Gasteiger partial charge in [0.1, 0.15) is 5.69 Å². The summed E-state index contributed by atoms with van der Waals surface area (Å²) in [6.07, 6.45) is 1.71. The number of fused-ring (bicyclic) bond motifs is 1. The molecule has 0 saturated heterocycles. The minimum Gasteiger partial charge on any atom is -0.469 e. The lowest BCUT2D eigenvalue weighted by Gasteiger charge is -2.12. The number of hydrogen-bond acceptors (Lipinski definition) is 4. The Bertz CT molecular complexity index is 886. The van der Waals surface area contributed by atoms with Crippen LogP contribution < -0.4 is 5.32 Å². The van der Waals surface area contributed by atoms with Crippen LogP contribution in [0.5, 0.6) is 0 Å². The van der Waals surface area contributed by atoms with Gasteiger partial charge < -0.3 is 10.1 Å². The second-order valence-corrected chi connectivity index (χ2v) is 5.24. The molecule has 1 aromatic heterocycles. The molecular weight excluding hydrogens is 304 g/mol. The first-order valence-electron chi connectivity index (χ1n) is 7.49. The summed E-state index contributed by atoms with van der Waals surface area (Å²) in [7, 11) is 1.36. The Balaban J connectivity index is 2.01. The first-order chi connectivity index (χ1) is 11.7. The van der Waals surface area contributed by atoms with Crippen LogP contribution in [0.2, 0.25) is 0 Å². The number of amides is 1. The van der Waals surface area contributed by atoms with E-state index in [9.17, 15) is 9.59 Å². The fourth-order valence-corrected chi connectivity index (χ4v) is 2.58. The third kappa shape index (κ3) is 3.25. The Kier molecular flexibility index (Phi) is 4.52. The van der Waals surface area contributed by atoms with Crippen LogP contribution in [-0.4, -0.2) is 24.0 Å². The number of anilines is 1. The number of carbonyl (C=O) groups is 2. The molecule has 24 heavy (non-hydrogen) atoms. The van der Waals surface area contributed by atoms with Crippen LogP contribution >= 0.6 is 0 Å². The van der Waals surface area contributed by atoms with E-state index in [1.807, 2.05) is 36.4 Å². The van der Waals surface area contributed by atoms with Crippen molar-refractivity contribution in [3.8, 4) is 0 Å². The molecule has 1 heterocycles. The molecule has 0 aliphatic rings. The second-order valence-electron chi connectivity index (χ2n) is 5.24. The molecule has 3 aromatic rings. The monoisotopic (exact) mass is 320 g/mol. The minimum atomic E-state index is -0.326. The SMILES string of the molecule is COC(=O)Cc1cccc2cccc(NC(=O)c3ccccn3)c12. The maximum Gasteiger partial charge on any atom is 0.310 e. The fraction of sp³-hybridized carbons (Fsp3) is 0.105. The van der Waals surface area contributed by atoms with Crippen molar-refractivity contribution in [3.63, 3.8) is 0 Å². The highest BCUT2D eigenvalue weighted by Gasteiger charge is 2.13. The standard InChI is InChI=1S/C19H16N2O3/c1-24-17(22)12-14-8-4-6-13-7-5-10-15(18(13)14)21-19(23)16-9-2-3-11-20-16/h2-11H,12H2,1H3,(H,21,23). The molecular formula is C19H16N2O3. The van der Waals surface area contributed by atoms with Gasteiger partial charge in [0.15, 0.2) is 0 Å². The Hall–Kier alpha value is -3.21. The maximum atomic E-state index is 12.4. The van der Waals surface area contributed by atoms with Gasteiger partial charge in [0, 0.05) is 17.3 Å². The lowest BCUT2D eigenvalue weighted by Crippen LogP contribution is -2.14. The topological polar surface area (TPSA) is 68.3 Å². The first kappa shape index (κ1) is 15.7. The highest BCUT2D eigenvalue weighted by Crippen LogP contribution is 2.28. The van der Waals surface area contributed by atoms with Crippen molar-refractivity contribution in [1.82, 2.24) is 4.98 Å². The first-order valence-corrected chi connectivity index (χ1v) is 7.49. The zero-order chi connectivity index (χ0) is 16.9. The molecule has 5 nitrogen and oxygen atoms in total. The predicted molar refractivity (Wildman–Crippen MR) is 91.9 cm³/mol. The fourth-order valence-electron chi connectivity index (χ4n) is 2.58. The molecule has 0 aliphatic heterocycles. The van der Waals surface area contributed by atoms with Crippen LogP contribution in [0.1, 0.15) is 16.1 Å². The molecule has 0 unspecified atom stereocenters. The summed E-state index contributed by atoms with van der Waals surface area (Å²) < 4.78 is 4.76. The van der Waals surface area contributed by atoms with Gasteiger partial charge in [-0.2, -0.15) is 0 Å². The number of aromatic nitrogens is 1. The zero-order valence-corrected chi connectivity index (χ0v) is 13.2. The van der Waals surface area contributed by atoms with E-state index < -0.39 is 0 Å². The van der Waals surface area contributed by atoms with Gasteiger partial charge in [-0.3, -0.25) is 14.6 Å². The van der Waals surface area contributed by atoms with Gasteiger partial charge in [-0.25, -0.2) is 0 Å². The summed E-state index contributed by atoms with van der Waals surface area (Å²) >= 11 is 0. The normalized spacial score (nSPS) is 10.4. The molecule has 2 aromatic carbocycles. The van der Waals surface area contributed by atoms with E-state index in [1.54, 1.807) is 24.4 Å². The van der Waals surface area contributed by atoms with Crippen molar-refractivity contribution in [2.75, 3.05) is 12.4 Å². The van der Waals surface area contributed by atoms with Gasteiger partial charge in [0.2, 0.25) is 0 Å². The summed E-state index contributed by atoms with van der Waals surface area (Å²) in [6.45, 7) is 0. The number of esters is 1. The average Bonchev–Trinajstić information content (AvgIpc) is 2.62. The highest BCUT2D eigenvalue weighted by molar-refractivity contribution is 6.09. The number of nitrogens with zero attached hydrogens (tertiary/aromatic N) is 1. The summed E-state index contributed by atoms with van der Waals surface area (Å²) in [6, 6.07) is 16.4. The van der Waals surface area contributed by atoms with E-state index in [1.165, 1.54) is 7.11 Å². The predicted octanol–water partition coefficient (Wildman–Crippen LogP) is 3.20. The van der Waals surface area contributed by atoms with Gasteiger partial charge in [0.05, 0.1) is 13.5 Å². The maximum absolute atomic E-state index is 12.4. The summed E-state index contributed by atoms with van der Waals surface area (Å²) in [5.41, 5.74) is 1.78. The van der Waals surface area contributed by atoms with E-state index in [-0.39, 0.29) is 18.3 Å². The summed E-state index contributed by atoms with van der Waals surface area (Å²) in [5.74, 6) is -0.621. The van der Waals surface area contributed by atoms with Crippen molar-refractivity contribution in [2.24, 2.45) is 0 Å². The van der Waals surface area contributed by atoms with E-state index >= 15 is 0 Å². The van der Waals surface area contributed by atoms with Gasteiger partial charge >= 0.3 is 5.97 Å². The zero-order valence-electron chi connectivity index (χ0n) is 13.2. The van der Waals surface area contributed by atoms with Gasteiger partial charge in [-0.1, -0.05) is 36.4 Å². The minimum absolute atomic E-state index is 0.143. The number of pyridine rings is 1. The van der Waals surface area contributed by atoms with Crippen molar-refractivity contribution in [1.29, 1.82) is 0 Å². The number of carbonyl (C=O) groups excluding carboxylic acids is 2. The van der Waals surface area contributed by atoms with Crippen LogP contribution in [0, 0.1) is 0 Å². The molecule has 5 heteroatoms. The quantitative estimate of drug-likeness (QED) is 0.750. The molecule has 3 rings (SSSR count). The number of methoxy groups -OCH3 is 1. The molecule has 1 amide bonds. The Morgan fingerprint density at radius 1 is 1.04 bits per heavy atom. The number of hydrogen-bond donors (Lipinski definition) is 1. The smallest absolute Gasteiger partial charge is 0.310 e. The number of ether oxygens (including phenoxy) is 1. The second kappa shape index (κ2) is 6.91. The van der Waals surface area contributed by atoms with Crippen LogP contribution in [-0.2, 0) is 16.0 Å². The third-order valence-corrected chi connectivity index (χ3v) is 3.70. The number of rotatable bonds is 4. The van der Waals surface area contributed by atoms with Gasteiger partial charge in [-0.05, 0) is 29.1 Å². The van der Waals surface area contributed by atoms with Crippen LogP contribution in [0.25, 0.3) is 10.8 Å². The molecule has 0 saturated carbocycles. The average molecular weight is 320 g/mol. The van der Waals surface area contributed by atoms with Gasteiger partial charge in [0.25, 0.3) is 5.91 Å². The van der Waals surface area contributed by atoms with E-state index in [0.717, 1.165) is 16.3 Å². The van der Waals surface area contributed by atoms with Gasteiger partial charge in [-0.15, -0.1) is 0 Å². The van der Waals surface area contributed by atoms with Crippen molar-refractivity contribution in [3.05, 3.63) is 72.1 Å². The van der Waals surface area contributed by atoms with Crippen LogP contribution in [0.15, 0.2) is 60.8 Å². The molecule has 0 spiro atoms. The van der Waals surface area contributed by atoms with Crippen molar-refractivity contribution < 1.29 is 14.3 Å². The molecule has 1 N–H and O–H groups in total. The van der Waals surface area contributed by atoms with Crippen LogP contribution in [0.3, 0.4) is 0 Å². The lowest BCUT2D eigenvalue weighted by molar-refractivity contribution is -0.139. The molecule has 0 radical (unpaired) electrons. The molecule has 0 atom stereocenters. The van der Waals surface area contributed by atoms with E-state index in [0.29, 0.717) is 11.4 Å². The lowest BCUT2D eigenvalue weighted by atomic mass is 10.0. The highest BCUT2D eigenvalue weighted by atomic mass is 16.5.